The molecule has 0 unspecified atom stereocenters. The monoisotopic (exact) mass is 714 g/mol. The van der Waals surface area contributed by atoms with Gasteiger partial charge in [0.2, 0.25) is 0 Å². The standard InChI is InChI=1S/C38H41F3N8O3/c1-4-26-29(40)9-8-22-14-25(50)16-27(31(22)26)33-32(41)34-28(18-42-33)35(44-37(43-34)52-21-38-10-6-12-48(38)19-23(39)17-38)47-11-7-13-49-24(20-47)15-30(45-49)36(51)46(3)5-2/h8-9,14-16,18,23,50H,4-7,10-13,17,19-21H2,1-3H3/t23-,38+/m1/s1. The molecule has 8 rings (SSSR count). The Balaban J connectivity index is 1.25. The number of pyridine rings is 1. The van der Waals surface area contributed by atoms with E-state index in [2.05, 4.69) is 20.0 Å². The van der Waals surface area contributed by atoms with E-state index < -0.39 is 23.3 Å². The summed E-state index contributed by atoms with van der Waals surface area (Å²) in [7, 11) is 1.73. The second kappa shape index (κ2) is 13.2. The van der Waals surface area contributed by atoms with Crippen LogP contribution in [0.4, 0.5) is 19.0 Å². The normalized spacial score (nSPS) is 20.3. The molecule has 52 heavy (non-hydrogen) atoms. The van der Waals surface area contributed by atoms with Crippen molar-refractivity contribution in [2.75, 3.05) is 44.7 Å². The summed E-state index contributed by atoms with van der Waals surface area (Å²) in [5.74, 6) is -1.10. The van der Waals surface area contributed by atoms with E-state index in [0.29, 0.717) is 85.2 Å². The molecule has 2 aromatic carbocycles. The first kappa shape index (κ1) is 34.1. The summed E-state index contributed by atoms with van der Waals surface area (Å²) in [5.41, 5.74) is 1.13. The molecule has 2 fully saturated rings. The number of anilines is 1. The number of hydrogen-bond acceptors (Lipinski definition) is 9. The summed E-state index contributed by atoms with van der Waals surface area (Å²) in [5, 5.41) is 16.6. The van der Waals surface area contributed by atoms with E-state index in [4.69, 9.17) is 9.72 Å². The molecular weight excluding hydrogens is 673 g/mol. The molecule has 272 valence electrons. The molecule has 0 radical (unpaired) electrons. The van der Waals surface area contributed by atoms with Crippen LogP contribution in [0.5, 0.6) is 11.8 Å². The van der Waals surface area contributed by atoms with Crippen molar-refractivity contribution in [3.05, 3.63) is 65.1 Å². The fourth-order valence-electron chi connectivity index (χ4n) is 8.28. The van der Waals surface area contributed by atoms with E-state index in [1.165, 1.54) is 24.4 Å². The molecule has 0 bridgehead atoms. The van der Waals surface area contributed by atoms with Crippen molar-refractivity contribution in [1.29, 1.82) is 0 Å². The molecule has 1 amide bonds. The second-order valence-corrected chi connectivity index (χ2v) is 14.2. The van der Waals surface area contributed by atoms with Gasteiger partial charge in [-0.1, -0.05) is 13.0 Å². The van der Waals surface area contributed by atoms with Gasteiger partial charge in [-0.05, 0) is 79.8 Å². The van der Waals surface area contributed by atoms with Crippen LogP contribution in [0, 0.1) is 11.6 Å². The number of alkyl halides is 1. The predicted molar refractivity (Wildman–Crippen MR) is 190 cm³/mol. The largest absolute Gasteiger partial charge is 0.508 e. The van der Waals surface area contributed by atoms with Gasteiger partial charge in [0.15, 0.2) is 11.5 Å². The number of halogens is 3. The van der Waals surface area contributed by atoms with E-state index in [9.17, 15) is 14.3 Å². The Kier molecular flexibility index (Phi) is 8.67. The van der Waals surface area contributed by atoms with Crippen LogP contribution in [-0.4, -0.2) is 97.1 Å². The smallest absolute Gasteiger partial charge is 0.319 e. The molecule has 3 aliphatic rings. The van der Waals surface area contributed by atoms with Gasteiger partial charge in [0.1, 0.15) is 41.4 Å². The van der Waals surface area contributed by atoms with Crippen molar-refractivity contribution in [3.8, 4) is 23.0 Å². The SMILES string of the molecule is CCc1c(F)ccc2cc(O)cc(-c3ncc4c(N5CCCn6nc(C(=O)N(C)CC)cc6C5)nc(OC[C@@]56CCCN5C[C@H](F)C6)nc4c3F)c12. The summed E-state index contributed by atoms with van der Waals surface area (Å²) in [6, 6.07) is 7.53. The van der Waals surface area contributed by atoms with Crippen molar-refractivity contribution in [1.82, 2.24) is 34.5 Å². The fraction of sp³-hybridized carbons (Fsp3) is 0.447. The molecular formula is C38H41F3N8O3. The van der Waals surface area contributed by atoms with Crippen LogP contribution in [0.25, 0.3) is 32.9 Å². The number of carbonyl (C=O) groups is 1. The van der Waals surface area contributed by atoms with Crippen molar-refractivity contribution < 1.29 is 27.8 Å². The van der Waals surface area contributed by atoms with Crippen LogP contribution < -0.4 is 9.64 Å². The molecule has 2 saturated heterocycles. The zero-order valence-electron chi connectivity index (χ0n) is 29.5. The Morgan fingerprint density at radius 2 is 1.96 bits per heavy atom. The highest BCUT2D eigenvalue weighted by molar-refractivity contribution is 6.01. The van der Waals surface area contributed by atoms with E-state index >= 15 is 8.78 Å². The zero-order chi connectivity index (χ0) is 36.3. The highest BCUT2D eigenvalue weighted by Crippen LogP contribution is 2.42. The van der Waals surface area contributed by atoms with Crippen LogP contribution in [0.1, 0.15) is 61.3 Å². The summed E-state index contributed by atoms with van der Waals surface area (Å²) >= 11 is 0. The Labute approximate surface area is 299 Å². The Morgan fingerprint density at radius 3 is 2.77 bits per heavy atom. The molecule has 2 atom stereocenters. The van der Waals surface area contributed by atoms with Gasteiger partial charge in [-0.25, -0.2) is 13.2 Å². The third-order valence-electron chi connectivity index (χ3n) is 11.0. The van der Waals surface area contributed by atoms with Crippen molar-refractivity contribution in [2.45, 2.75) is 70.8 Å². The minimum Gasteiger partial charge on any atom is -0.508 e. The number of phenols is 1. The molecule has 0 aliphatic carbocycles. The number of ether oxygens (including phenoxy) is 1. The number of amides is 1. The first-order valence-electron chi connectivity index (χ1n) is 18.0. The third-order valence-corrected chi connectivity index (χ3v) is 11.0. The third kappa shape index (κ3) is 5.76. The molecule has 5 aromatic rings. The van der Waals surface area contributed by atoms with E-state index in [0.717, 1.165) is 25.1 Å². The van der Waals surface area contributed by atoms with Gasteiger partial charge in [-0.3, -0.25) is 19.4 Å². The maximum absolute atomic E-state index is 17.1. The molecule has 0 spiro atoms. The van der Waals surface area contributed by atoms with Gasteiger partial charge in [-0.15, -0.1) is 0 Å². The minimum absolute atomic E-state index is 0.0512. The number of carbonyl (C=O) groups excluding carboxylic acids is 1. The second-order valence-electron chi connectivity index (χ2n) is 14.2. The van der Waals surface area contributed by atoms with Crippen LogP contribution in [0.2, 0.25) is 0 Å². The van der Waals surface area contributed by atoms with Gasteiger partial charge in [-0.2, -0.15) is 15.1 Å². The molecule has 3 aliphatic heterocycles. The van der Waals surface area contributed by atoms with Crippen LogP contribution in [-0.2, 0) is 19.5 Å². The minimum atomic E-state index is -0.950. The lowest BCUT2D eigenvalue weighted by molar-refractivity contribution is 0.0795. The maximum atomic E-state index is 17.1. The number of fused-ring (bicyclic) bond motifs is 4. The lowest BCUT2D eigenvalue weighted by Gasteiger charge is -2.31. The number of aromatic hydroxyl groups is 1. The zero-order valence-corrected chi connectivity index (χ0v) is 29.5. The lowest BCUT2D eigenvalue weighted by atomic mass is 9.94. The molecule has 0 saturated carbocycles. The molecule has 3 aromatic heterocycles. The molecule has 14 heteroatoms. The van der Waals surface area contributed by atoms with Crippen LogP contribution in [0.3, 0.4) is 0 Å². The average molecular weight is 715 g/mol. The molecule has 11 nitrogen and oxygen atoms in total. The summed E-state index contributed by atoms with van der Waals surface area (Å²) in [6.45, 7) is 6.98. The number of benzene rings is 2. The summed E-state index contributed by atoms with van der Waals surface area (Å²) in [4.78, 5) is 32.7. The highest BCUT2D eigenvalue weighted by atomic mass is 19.1. The molecule has 6 heterocycles. The lowest BCUT2D eigenvalue weighted by Crippen LogP contribution is -2.43. The number of aryl methyl sites for hydroxylation is 2. The Morgan fingerprint density at radius 1 is 1.12 bits per heavy atom. The number of hydrogen-bond donors (Lipinski definition) is 1. The summed E-state index contributed by atoms with van der Waals surface area (Å²) < 4.78 is 54.9. The topological polar surface area (TPSA) is 113 Å². The van der Waals surface area contributed by atoms with Gasteiger partial charge in [0, 0.05) is 51.4 Å². The highest BCUT2D eigenvalue weighted by Gasteiger charge is 2.49. The summed E-state index contributed by atoms with van der Waals surface area (Å²) in [6.07, 6.45) is 3.62. The molecule has 1 N–H and O–H groups in total. The number of nitrogens with zero attached hydrogens (tertiary/aromatic N) is 8. The van der Waals surface area contributed by atoms with E-state index in [1.807, 2.05) is 23.4 Å². The predicted octanol–water partition coefficient (Wildman–Crippen LogP) is 6.05. The number of rotatable bonds is 8. The van der Waals surface area contributed by atoms with Gasteiger partial charge in [0.25, 0.3) is 5.91 Å². The first-order chi connectivity index (χ1) is 25.1. The fourth-order valence-corrected chi connectivity index (χ4v) is 8.28. The number of aromatic nitrogens is 5. The van der Waals surface area contributed by atoms with E-state index in [-0.39, 0.29) is 41.0 Å². The van der Waals surface area contributed by atoms with Crippen molar-refractivity contribution in [2.24, 2.45) is 0 Å². The van der Waals surface area contributed by atoms with Gasteiger partial charge in [0.05, 0.1) is 23.2 Å². The number of phenolic OH excluding ortho intramolecular Hbond substituents is 1. The first-order valence-corrected chi connectivity index (χ1v) is 18.0. The van der Waals surface area contributed by atoms with Crippen molar-refractivity contribution >= 4 is 33.4 Å². The van der Waals surface area contributed by atoms with E-state index in [1.54, 1.807) is 24.1 Å². The van der Waals surface area contributed by atoms with Gasteiger partial charge >= 0.3 is 6.01 Å². The van der Waals surface area contributed by atoms with Crippen molar-refractivity contribution in [3.63, 3.8) is 0 Å². The van der Waals surface area contributed by atoms with Crippen LogP contribution >= 0.6 is 0 Å². The van der Waals surface area contributed by atoms with Gasteiger partial charge < -0.3 is 19.6 Å². The Bertz CT molecular complexity index is 2210. The quantitative estimate of drug-likeness (QED) is 0.206. The average Bonchev–Trinajstić information content (AvgIpc) is 3.76. The van der Waals surface area contributed by atoms with Crippen LogP contribution in [0.15, 0.2) is 36.5 Å². The Hall–Kier alpha value is -4.98. The maximum Gasteiger partial charge on any atom is 0.319 e.